The highest BCUT2D eigenvalue weighted by atomic mass is 32.2. The van der Waals surface area contributed by atoms with Gasteiger partial charge in [0, 0.05) is 6.20 Å². The molecule has 1 aromatic heterocycles. The quantitative estimate of drug-likeness (QED) is 0.672. The Kier molecular flexibility index (Phi) is 6.64. The molecule has 0 bridgehead atoms. The Morgan fingerprint density at radius 3 is 2.54 bits per heavy atom. The lowest BCUT2D eigenvalue weighted by Gasteiger charge is -2.18. The fourth-order valence-electron chi connectivity index (χ4n) is 2.73. The first kappa shape index (κ1) is 20.2. The number of ether oxygens (including phenoxy) is 1. The van der Waals surface area contributed by atoms with E-state index in [1.54, 1.807) is 18.3 Å². The van der Waals surface area contributed by atoms with Crippen LogP contribution >= 0.6 is 0 Å². The van der Waals surface area contributed by atoms with Gasteiger partial charge in [0.05, 0.1) is 6.61 Å². The monoisotopic (exact) mass is 376 g/mol. The lowest BCUT2D eigenvalue weighted by molar-refractivity contribution is 0.301. The molecular weight excluding hydrogens is 348 g/mol. The molecule has 6 heteroatoms. The fraction of sp³-hybridized carbons (Fsp3) is 0.450. The van der Waals surface area contributed by atoms with Crippen LogP contribution in [0.3, 0.4) is 0 Å². The van der Waals surface area contributed by atoms with Crippen molar-refractivity contribution < 1.29 is 13.2 Å². The third kappa shape index (κ3) is 4.97. The first-order chi connectivity index (χ1) is 12.2. The Morgan fingerprint density at radius 2 is 1.92 bits per heavy atom. The highest BCUT2D eigenvalue weighted by Gasteiger charge is 2.23. The first-order valence-electron chi connectivity index (χ1n) is 8.97. The van der Waals surface area contributed by atoms with Crippen molar-refractivity contribution in [3.05, 3.63) is 47.2 Å². The van der Waals surface area contributed by atoms with Gasteiger partial charge in [-0.05, 0) is 67.1 Å². The number of anilines is 1. The number of nitrogens with one attached hydrogen (secondary N) is 1. The zero-order valence-corrected chi connectivity index (χ0v) is 17.0. The number of nitrogens with zero attached hydrogens (tertiary/aromatic N) is 1. The van der Waals surface area contributed by atoms with E-state index in [1.807, 2.05) is 39.8 Å². The molecule has 142 valence electrons. The van der Waals surface area contributed by atoms with Crippen LogP contribution in [0, 0.1) is 13.8 Å². The molecule has 0 aliphatic heterocycles. The van der Waals surface area contributed by atoms with Crippen LogP contribution in [-0.4, -0.2) is 20.0 Å². The molecule has 0 aliphatic rings. The number of rotatable bonds is 8. The average Bonchev–Trinajstić information content (AvgIpc) is 2.54. The summed E-state index contributed by atoms with van der Waals surface area (Å²) in [6, 6.07) is 7.06. The van der Waals surface area contributed by atoms with Crippen molar-refractivity contribution in [3.63, 3.8) is 0 Å². The van der Waals surface area contributed by atoms with Gasteiger partial charge in [0.25, 0.3) is 10.0 Å². The number of hydrogen-bond donors (Lipinski definition) is 1. The van der Waals surface area contributed by atoms with Gasteiger partial charge in [-0.25, -0.2) is 13.4 Å². The maximum Gasteiger partial charge on any atom is 0.266 e. The van der Waals surface area contributed by atoms with E-state index in [0.717, 1.165) is 29.5 Å². The second-order valence-electron chi connectivity index (χ2n) is 6.84. The number of unbranched alkanes of at least 4 members (excludes halogenated alkanes) is 1. The van der Waals surface area contributed by atoms with Crippen molar-refractivity contribution in [1.82, 2.24) is 4.98 Å². The van der Waals surface area contributed by atoms with Gasteiger partial charge < -0.3 is 4.74 Å². The summed E-state index contributed by atoms with van der Waals surface area (Å²) in [7, 11) is -3.81. The lowest BCUT2D eigenvalue weighted by Crippen LogP contribution is -2.16. The molecule has 5 nitrogen and oxygen atoms in total. The topological polar surface area (TPSA) is 68.3 Å². The summed E-state index contributed by atoms with van der Waals surface area (Å²) in [5.74, 6) is 0.905. The van der Waals surface area contributed by atoms with Gasteiger partial charge in [-0.2, -0.15) is 0 Å². The van der Waals surface area contributed by atoms with E-state index in [0.29, 0.717) is 18.2 Å². The van der Waals surface area contributed by atoms with Crippen molar-refractivity contribution in [2.75, 3.05) is 11.3 Å². The van der Waals surface area contributed by atoms with E-state index in [2.05, 4.69) is 16.6 Å². The molecule has 1 heterocycles. The molecule has 0 radical (unpaired) electrons. The first-order valence-corrected chi connectivity index (χ1v) is 10.5. The zero-order chi connectivity index (χ0) is 19.3. The normalized spacial score (nSPS) is 11.6. The van der Waals surface area contributed by atoms with Gasteiger partial charge in [-0.1, -0.05) is 27.2 Å². The highest BCUT2D eigenvalue weighted by Crippen LogP contribution is 2.32. The Balaban J connectivity index is 2.47. The summed E-state index contributed by atoms with van der Waals surface area (Å²) < 4.78 is 34.4. The maximum atomic E-state index is 13.0. The molecule has 0 saturated heterocycles. The lowest BCUT2D eigenvalue weighted by atomic mass is 9.98. The number of hydrogen-bond acceptors (Lipinski definition) is 4. The van der Waals surface area contributed by atoms with Crippen LogP contribution in [0.1, 0.15) is 56.2 Å². The third-order valence-corrected chi connectivity index (χ3v) is 5.53. The van der Waals surface area contributed by atoms with E-state index in [-0.39, 0.29) is 10.8 Å². The Bertz CT molecular complexity index is 861. The summed E-state index contributed by atoms with van der Waals surface area (Å²) in [5.41, 5.74) is 2.95. The molecule has 0 fully saturated rings. The number of aryl methyl sites for hydroxylation is 2. The van der Waals surface area contributed by atoms with Gasteiger partial charge >= 0.3 is 0 Å². The van der Waals surface area contributed by atoms with Crippen LogP contribution in [0.5, 0.6) is 5.75 Å². The number of benzene rings is 1. The van der Waals surface area contributed by atoms with Crippen molar-refractivity contribution in [1.29, 1.82) is 0 Å². The van der Waals surface area contributed by atoms with Gasteiger partial charge in [-0.15, -0.1) is 0 Å². The van der Waals surface area contributed by atoms with E-state index in [9.17, 15) is 8.42 Å². The summed E-state index contributed by atoms with van der Waals surface area (Å²) in [6.07, 6.45) is 3.44. The third-order valence-electron chi connectivity index (χ3n) is 4.15. The maximum absolute atomic E-state index is 13.0. The van der Waals surface area contributed by atoms with Crippen LogP contribution in [-0.2, 0) is 10.0 Å². The average molecular weight is 377 g/mol. The minimum absolute atomic E-state index is 0.159. The summed E-state index contributed by atoms with van der Waals surface area (Å²) >= 11 is 0. The van der Waals surface area contributed by atoms with E-state index >= 15 is 0 Å². The van der Waals surface area contributed by atoms with Crippen LogP contribution in [0.4, 0.5) is 5.82 Å². The SMILES string of the molecule is CCCCOc1cc(C)c(C(C)C)cc1S(=O)(=O)Nc1cc(C)ccn1. The van der Waals surface area contributed by atoms with Crippen LogP contribution in [0.25, 0.3) is 0 Å². The molecule has 0 spiro atoms. The van der Waals surface area contributed by atoms with E-state index in [1.165, 1.54) is 0 Å². The van der Waals surface area contributed by atoms with Crippen molar-refractivity contribution in [2.24, 2.45) is 0 Å². The molecule has 0 saturated carbocycles. The Hall–Kier alpha value is -2.08. The molecule has 0 unspecified atom stereocenters. The molecule has 2 rings (SSSR count). The minimum Gasteiger partial charge on any atom is -0.492 e. The molecular formula is C20H28N2O3S. The standard InChI is InChI=1S/C20H28N2O3S/c1-6-7-10-25-18-12-16(5)17(14(2)3)13-19(18)26(23,24)22-20-11-15(4)8-9-21-20/h8-9,11-14H,6-7,10H2,1-5H3,(H,21,22). The summed E-state index contributed by atoms with van der Waals surface area (Å²) in [5, 5.41) is 0. The molecule has 2 aromatic rings. The van der Waals surface area contributed by atoms with Crippen LogP contribution < -0.4 is 9.46 Å². The van der Waals surface area contributed by atoms with Crippen molar-refractivity contribution in [3.8, 4) is 5.75 Å². The Morgan fingerprint density at radius 1 is 1.19 bits per heavy atom. The minimum atomic E-state index is -3.81. The van der Waals surface area contributed by atoms with Gasteiger partial charge in [-0.3, -0.25) is 4.72 Å². The van der Waals surface area contributed by atoms with Crippen molar-refractivity contribution in [2.45, 2.75) is 58.3 Å². The van der Waals surface area contributed by atoms with Gasteiger partial charge in [0.15, 0.2) is 0 Å². The Labute approximate surface area is 156 Å². The van der Waals surface area contributed by atoms with Gasteiger partial charge in [0.2, 0.25) is 0 Å². The van der Waals surface area contributed by atoms with Crippen LogP contribution in [0.2, 0.25) is 0 Å². The predicted molar refractivity (Wildman–Crippen MR) is 105 cm³/mol. The predicted octanol–water partition coefficient (Wildman–Crippen LogP) is 4.80. The number of aromatic nitrogens is 1. The van der Waals surface area contributed by atoms with Crippen molar-refractivity contribution >= 4 is 15.8 Å². The summed E-state index contributed by atoms with van der Waals surface area (Å²) in [4.78, 5) is 4.26. The molecule has 0 amide bonds. The van der Waals surface area contributed by atoms with Crippen LogP contribution in [0.15, 0.2) is 35.4 Å². The number of pyridine rings is 1. The van der Waals surface area contributed by atoms with Gasteiger partial charge in [0.1, 0.15) is 16.5 Å². The van der Waals surface area contributed by atoms with E-state index in [4.69, 9.17) is 4.74 Å². The smallest absolute Gasteiger partial charge is 0.266 e. The molecule has 0 atom stereocenters. The largest absolute Gasteiger partial charge is 0.492 e. The van der Waals surface area contributed by atoms with E-state index < -0.39 is 10.0 Å². The zero-order valence-electron chi connectivity index (χ0n) is 16.2. The summed E-state index contributed by atoms with van der Waals surface area (Å²) in [6.45, 7) is 10.5. The fourth-order valence-corrected chi connectivity index (χ4v) is 3.89. The molecule has 1 aromatic carbocycles. The second-order valence-corrected chi connectivity index (χ2v) is 8.49. The number of sulfonamides is 1. The highest BCUT2D eigenvalue weighted by molar-refractivity contribution is 7.92. The molecule has 1 N–H and O–H groups in total. The second kappa shape index (κ2) is 8.54. The molecule has 26 heavy (non-hydrogen) atoms. The molecule has 0 aliphatic carbocycles.